The summed E-state index contributed by atoms with van der Waals surface area (Å²) < 4.78 is 16.6. The largest absolute Gasteiger partial charge is 0.494 e. The number of rotatable bonds is 8. The molecule has 0 fully saturated rings. The lowest BCUT2D eigenvalue weighted by Crippen LogP contribution is -2.25. The Morgan fingerprint density at radius 1 is 1.04 bits per heavy atom. The van der Waals surface area contributed by atoms with Crippen molar-refractivity contribution in [2.75, 3.05) is 19.8 Å². The van der Waals surface area contributed by atoms with Gasteiger partial charge in [-0.2, -0.15) is 0 Å². The Morgan fingerprint density at radius 2 is 1.79 bits per heavy atom. The maximum absolute atomic E-state index is 11.5. The number of hydrogen-bond donors (Lipinski definition) is 1. The second kappa shape index (κ2) is 8.76. The molecule has 0 aliphatic rings. The predicted molar refractivity (Wildman–Crippen MR) is 110 cm³/mol. The van der Waals surface area contributed by atoms with Crippen molar-refractivity contribution >= 4 is 27.5 Å². The molecule has 1 atom stereocenters. The van der Waals surface area contributed by atoms with Gasteiger partial charge in [0.1, 0.15) is 30.8 Å². The Hall–Kier alpha value is -3.05. The van der Waals surface area contributed by atoms with Crippen molar-refractivity contribution in [1.82, 2.24) is 0 Å². The Morgan fingerprint density at radius 3 is 2.54 bits per heavy atom. The van der Waals surface area contributed by atoms with E-state index in [0.29, 0.717) is 12.4 Å². The molecule has 146 valence electrons. The van der Waals surface area contributed by atoms with Crippen LogP contribution < -0.4 is 9.47 Å². The molecule has 3 rings (SSSR count). The fourth-order valence-corrected chi connectivity index (χ4v) is 2.93. The number of aliphatic hydroxyl groups excluding tert-OH is 1. The third kappa shape index (κ3) is 4.43. The first kappa shape index (κ1) is 19.7. The monoisotopic (exact) mass is 380 g/mol. The van der Waals surface area contributed by atoms with Gasteiger partial charge in [0, 0.05) is 16.3 Å². The SMILES string of the molecule is C=C(C)C(=O)OCC(O)COc1c2ccccc2cc2ccc(OCC)cc12. The van der Waals surface area contributed by atoms with E-state index >= 15 is 0 Å². The van der Waals surface area contributed by atoms with Crippen molar-refractivity contribution in [3.63, 3.8) is 0 Å². The van der Waals surface area contributed by atoms with E-state index < -0.39 is 12.1 Å². The van der Waals surface area contributed by atoms with Crippen LogP contribution in [-0.4, -0.2) is 37.0 Å². The van der Waals surface area contributed by atoms with Gasteiger partial charge in [-0.15, -0.1) is 0 Å². The molecule has 0 aliphatic heterocycles. The van der Waals surface area contributed by atoms with Gasteiger partial charge in [0.15, 0.2) is 0 Å². The van der Waals surface area contributed by atoms with Crippen LogP contribution in [-0.2, 0) is 9.53 Å². The van der Waals surface area contributed by atoms with Crippen LogP contribution in [0.15, 0.2) is 60.7 Å². The fourth-order valence-electron chi connectivity index (χ4n) is 2.93. The van der Waals surface area contributed by atoms with Crippen LogP contribution in [0.2, 0.25) is 0 Å². The minimum Gasteiger partial charge on any atom is -0.494 e. The van der Waals surface area contributed by atoms with Crippen molar-refractivity contribution in [2.24, 2.45) is 0 Å². The zero-order valence-electron chi connectivity index (χ0n) is 16.1. The van der Waals surface area contributed by atoms with Crippen molar-refractivity contribution in [3.05, 3.63) is 60.7 Å². The average molecular weight is 380 g/mol. The quantitative estimate of drug-likeness (QED) is 0.360. The summed E-state index contributed by atoms with van der Waals surface area (Å²) in [7, 11) is 0. The number of aliphatic hydroxyl groups is 1. The molecule has 1 N–H and O–H groups in total. The van der Waals surface area contributed by atoms with Gasteiger partial charge in [-0.3, -0.25) is 0 Å². The van der Waals surface area contributed by atoms with Crippen molar-refractivity contribution < 1.29 is 24.1 Å². The zero-order chi connectivity index (χ0) is 20.1. The third-order valence-corrected chi connectivity index (χ3v) is 4.27. The second-order valence-corrected chi connectivity index (χ2v) is 6.59. The first-order valence-electron chi connectivity index (χ1n) is 9.21. The van der Waals surface area contributed by atoms with Crippen molar-refractivity contribution in [2.45, 2.75) is 20.0 Å². The van der Waals surface area contributed by atoms with Crippen LogP contribution in [0.5, 0.6) is 11.5 Å². The number of esters is 1. The number of benzene rings is 3. The van der Waals surface area contributed by atoms with Crippen LogP contribution in [0.1, 0.15) is 13.8 Å². The van der Waals surface area contributed by atoms with Gasteiger partial charge in [-0.25, -0.2) is 4.79 Å². The third-order valence-electron chi connectivity index (χ3n) is 4.27. The van der Waals surface area contributed by atoms with Gasteiger partial charge in [0.25, 0.3) is 0 Å². The molecule has 0 spiro atoms. The molecule has 0 heterocycles. The van der Waals surface area contributed by atoms with Crippen molar-refractivity contribution in [1.29, 1.82) is 0 Å². The smallest absolute Gasteiger partial charge is 0.333 e. The second-order valence-electron chi connectivity index (χ2n) is 6.59. The molecule has 28 heavy (non-hydrogen) atoms. The molecule has 5 nitrogen and oxygen atoms in total. The summed E-state index contributed by atoms with van der Waals surface area (Å²) in [5, 5.41) is 14.1. The highest BCUT2D eigenvalue weighted by Crippen LogP contribution is 2.36. The van der Waals surface area contributed by atoms with E-state index in [9.17, 15) is 9.90 Å². The van der Waals surface area contributed by atoms with Gasteiger partial charge in [-0.1, -0.05) is 36.9 Å². The molecular weight excluding hydrogens is 356 g/mol. The molecule has 0 bridgehead atoms. The van der Waals surface area contributed by atoms with Gasteiger partial charge >= 0.3 is 5.97 Å². The highest BCUT2D eigenvalue weighted by atomic mass is 16.5. The molecular formula is C23H24O5. The van der Waals surface area contributed by atoms with E-state index in [1.807, 2.05) is 49.4 Å². The number of carbonyl (C=O) groups excluding carboxylic acids is 1. The molecule has 0 saturated carbocycles. The van der Waals surface area contributed by atoms with Gasteiger partial charge in [0.05, 0.1) is 6.61 Å². The minimum absolute atomic E-state index is 0.00849. The van der Waals surface area contributed by atoms with E-state index in [2.05, 4.69) is 12.6 Å². The Bertz CT molecular complexity index is 1010. The maximum atomic E-state index is 11.5. The van der Waals surface area contributed by atoms with E-state index in [1.54, 1.807) is 6.92 Å². The molecule has 3 aromatic carbocycles. The van der Waals surface area contributed by atoms with Crippen LogP contribution in [0.3, 0.4) is 0 Å². The molecule has 0 aliphatic carbocycles. The highest BCUT2D eigenvalue weighted by molar-refractivity contribution is 6.05. The van der Waals surface area contributed by atoms with E-state index in [1.165, 1.54) is 0 Å². The van der Waals surface area contributed by atoms with Crippen molar-refractivity contribution in [3.8, 4) is 11.5 Å². The van der Waals surface area contributed by atoms with Gasteiger partial charge in [-0.05, 0) is 42.8 Å². The van der Waals surface area contributed by atoms with Crippen LogP contribution >= 0.6 is 0 Å². The topological polar surface area (TPSA) is 65.0 Å². The molecule has 0 saturated heterocycles. The lowest BCUT2D eigenvalue weighted by molar-refractivity contribution is -0.142. The van der Waals surface area contributed by atoms with Crippen LogP contribution in [0.4, 0.5) is 0 Å². The molecule has 0 aromatic heterocycles. The fraction of sp³-hybridized carbons (Fsp3) is 0.261. The summed E-state index contributed by atoms with van der Waals surface area (Å²) in [6.07, 6.45) is -0.951. The maximum Gasteiger partial charge on any atom is 0.333 e. The summed E-state index contributed by atoms with van der Waals surface area (Å²) >= 11 is 0. The number of fused-ring (bicyclic) bond motifs is 2. The first-order chi connectivity index (χ1) is 13.5. The lowest BCUT2D eigenvalue weighted by Gasteiger charge is -2.17. The van der Waals surface area contributed by atoms with Crippen LogP contribution in [0.25, 0.3) is 21.5 Å². The summed E-state index contributed by atoms with van der Waals surface area (Å²) in [5.41, 5.74) is 0.289. The normalized spacial score (nSPS) is 12.0. The van der Waals surface area contributed by atoms with E-state index in [4.69, 9.17) is 14.2 Å². The van der Waals surface area contributed by atoms with E-state index in [-0.39, 0.29) is 18.8 Å². The minimum atomic E-state index is -0.951. The summed E-state index contributed by atoms with van der Waals surface area (Å²) in [6.45, 7) is 7.42. The van der Waals surface area contributed by atoms with Gasteiger partial charge < -0.3 is 19.3 Å². The Balaban J connectivity index is 1.89. The first-order valence-corrected chi connectivity index (χ1v) is 9.21. The highest BCUT2D eigenvalue weighted by Gasteiger charge is 2.14. The van der Waals surface area contributed by atoms with E-state index in [0.717, 1.165) is 27.3 Å². The number of carbonyl (C=O) groups is 1. The summed E-state index contributed by atoms with van der Waals surface area (Å²) in [5.74, 6) is 0.891. The number of ether oxygens (including phenoxy) is 3. The average Bonchev–Trinajstić information content (AvgIpc) is 2.69. The Labute approximate surface area is 164 Å². The molecule has 1 unspecified atom stereocenters. The predicted octanol–water partition coefficient (Wildman–Crippen LogP) is 4.25. The zero-order valence-corrected chi connectivity index (χ0v) is 16.1. The van der Waals surface area contributed by atoms with Crippen LogP contribution in [0, 0.1) is 0 Å². The summed E-state index contributed by atoms with van der Waals surface area (Å²) in [4.78, 5) is 11.5. The molecule has 0 radical (unpaired) electrons. The number of hydrogen-bond acceptors (Lipinski definition) is 5. The van der Waals surface area contributed by atoms with Gasteiger partial charge in [0.2, 0.25) is 0 Å². The lowest BCUT2D eigenvalue weighted by atomic mass is 10.0. The molecule has 5 heteroatoms. The summed E-state index contributed by atoms with van der Waals surface area (Å²) in [6, 6.07) is 15.9. The Kier molecular flexibility index (Phi) is 6.16. The molecule has 0 amide bonds. The molecule has 3 aromatic rings. The standard InChI is InChI=1S/C23H24O5/c1-4-26-19-10-9-17-11-16-7-5-6-8-20(16)22(21(17)12-19)27-13-18(24)14-28-23(25)15(2)3/h5-12,18,24H,2,4,13-14H2,1,3H3.